The van der Waals surface area contributed by atoms with Crippen LogP contribution in [0.3, 0.4) is 0 Å². The van der Waals surface area contributed by atoms with E-state index in [2.05, 4.69) is 147 Å². The van der Waals surface area contributed by atoms with Gasteiger partial charge in [-0.3, -0.25) is 1.33 Å². The van der Waals surface area contributed by atoms with E-state index in [0.717, 1.165) is 0 Å². The van der Waals surface area contributed by atoms with Crippen molar-refractivity contribution in [1.29, 1.82) is 0 Å². The summed E-state index contributed by atoms with van der Waals surface area (Å²) in [5, 5.41) is 27.1. The number of para-hydroxylation sites is 1. The number of H-pyrrole nitrogens is 3. The molecule has 4 rings (SSSR count). The fourth-order valence-electron chi connectivity index (χ4n) is 1.02. The zero-order valence-electron chi connectivity index (χ0n) is 13.4. The Morgan fingerprint density at radius 2 is 1.19 bits per heavy atom. The average molecular weight is 777 g/mol. The first-order valence-corrected chi connectivity index (χ1v) is 9.26. The predicted molar refractivity (Wildman–Crippen MR) is 123 cm³/mol. The quantitative estimate of drug-likeness (QED) is 0.118. The predicted octanol–water partition coefficient (Wildman–Crippen LogP) is 3.03. The van der Waals surface area contributed by atoms with Gasteiger partial charge in [-0.2, -0.15) is 0 Å². The van der Waals surface area contributed by atoms with Crippen molar-refractivity contribution in [2.45, 2.75) is 0 Å². The van der Waals surface area contributed by atoms with Gasteiger partial charge in [0.15, 0.2) is 0 Å². The maximum absolute atomic E-state index is 3.29. The molecule has 27 heavy (non-hydrogen) atoms. The number of nitrogens with one attached hydrogen (secondary N) is 3. The molecule has 0 saturated heterocycles. The van der Waals surface area contributed by atoms with Crippen molar-refractivity contribution in [3.8, 4) is 0 Å². The molecule has 3 aromatic heterocycles. The molecule has 15 heteroatoms. The van der Waals surface area contributed by atoms with Gasteiger partial charge in [-0.1, -0.05) is 12.1 Å². The number of aromatic nitrogens is 9. The summed E-state index contributed by atoms with van der Waals surface area (Å²) in [5.74, 6) is 0. The van der Waals surface area contributed by atoms with Gasteiger partial charge < -0.3 is 49.2 Å². The van der Waals surface area contributed by atoms with Crippen molar-refractivity contribution >= 4 is 86.4 Å². The third-order valence-corrected chi connectivity index (χ3v) is 3.87. The Labute approximate surface area is 216 Å². The van der Waals surface area contributed by atoms with Gasteiger partial charge in [0.1, 0.15) is 0 Å². The van der Waals surface area contributed by atoms with E-state index in [1.165, 1.54) is 27.8 Å². The van der Waals surface area contributed by atoms with E-state index in [4.69, 9.17) is 0 Å². The van der Waals surface area contributed by atoms with Crippen LogP contribution in [0.5, 0.6) is 0 Å². The van der Waals surface area contributed by atoms with Crippen molar-refractivity contribution < 1.29 is 19.5 Å². The summed E-state index contributed by atoms with van der Waals surface area (Å²) in [6.07, 6.45) is 11.9. The van der Waals surface area contributed by atoms with Gasteiger partial charge in [-0.05, 0) is 34.7 Å². The number of halogens is 4. The second kappa shape index (κ2) is 20.3. The molecule has 0 spiro atoms. The smallest absolute Gasteiger partial charge is 0.0697 e. The van der Waals surface area contributed by atoms with Gasteiger partial charge >= 0.3 is 0 Å². The van der Waals surface area contributed by atoms with Gasteiger partial charge in [0.05, 0.1) is 51.4 Å². The van der Waals surface area contributed by atoms with E-state index in [-0.39, 0.29) is 31.9 Å². The Bertz CT molecular complexity index is 614. The second-order valence-electron chi connectivity index (χ2n) is 3.49. The third-order valence-electron chi connectivity index (χ3n) is 1.92. The number of rotatable bonds is 1. The van der Waals surface area contributed by atoms with Crippen LogP contribution in [-0.4, -0.2) is 46.2 Å². The van der Waals surface area contributed by atoms with Crippen LogP contribution in [0, 0.1) is 22.2 Å². The zero-order chi connectivity index (χ0) is 18.2. The number of aromatic amines is 3. The Balaban J connectivity index is 0. The molecule has 142 valence electrons. The van der Waals surface area contributed by atoms with Crippen LogP contribution >= 0.6 is 80.7 Å². The first-order chi connectivity index (χ1) is 12.2. The molecule has 0 radical (unpaired) electrons. The fraction of sp³-hybridized carbons (Fsp3) is 0. The van der Waals surface area contributed by atoms with Crippen LogP contribution in [0.15, 0.2) is 42.9 Å². The number of anilines is 1. The van der Waals surface area contributed by atoms with Crippen LogP contribution in [0.2, 0.25) is 0 Å². The molecular formula is C12H11ClI3N10Zn-3. The van der Waals surface area contributed by atoms with Crippen molar-refractivity contribution in [2.75, 3.05) is 1.33 Å². The topological polar surface area (TPSA) is 128 Å². The largest absolute Gasteiger partial charge is 0.352 e. The first-order valence-electron chi connectivity index (χ1n) is 6.25. The van der Waals surface area contributed by atoms with Gasteiger partial charge in [0.2, 0.25) is 0 Å². The number of hydrogen-bond donors (Lipinski definition) is 3. The second-order valence-corrected chi connectivity index (χ2v) is 8.43. The van der Waals surface area contributed by atoms with E-state index in [0.29, 0.717) is 0 Å². The van der Waals surface area contributed by atoms with Crippen LogP contribution < -0.4 is 1.33 Å². The third kappa shape index (κ3) is 16.2. The molecule has 0 atom stereocenters. The number of nitrogens with zero attached hydrogens (tertiary/aromatic N) is 7. The summed E-state index contributed by atoms with van der Waals surface area (Å²) in [4.78, 5) is 0. The summed E-state index contributed by atoms with van der Waals surface area (Å²) >= 11 is 6.82. The molecule has 4 aromatic rings. The normalized spacial score (nSPS) is 7.96. The molecule has 0 aliphatic heterocycles. The molecule has 10 nitrogen and oxygen atoms in total. The summed E-state index contributed by atoms with van der Waals surface area (Å²) in [6.45, 7) is 0. The molecule has 0 fully saturated rings. The SMILES string of the molecule is Cl.Ic1ccccc1N(I)I.[Zn].[c-]1c[nH]nn1.[c-]1c[nH]nn1.[c-]1c[nH]nn1. The maximum atomic E-state index is 3.29. The molecule has 0 aliphatic carbocycles. The van der Waals surface area contributed by atoms with E-state index in [1.54, 1.807) is 0 Å². The zero-order valence-corrected chi connectivity index (χ0v) is 23.7. The monoisotopic (exact) mass is 775 g/mol. The molecule has 0 saturated carbocycles. The molecule has 3 heterocycles. The van der Waals surface area contributed by atoms with E-state index in [9.17, 15) is 0 Å². The van der Waals surface area contributed by atoms with E-state index in [1.807, 2.05) is 12.1 Å². The summed E-state index contributed by atoms with van der Waals surface area (Å²) in [7, 11) is 0. The molecule has 3 N–H and O–H groups in total. The van der Waals surface area contributed by atoms with E-state index < -0.39 is 0 Å². The number of hydrogen-bond acceptors (Lipinski definition) is 7. The molecule has 1 aromatic carbocycles. The minimum Gasteiger partial charge on any atom is -0.352 e. The van der Waals surface area contributed by atoms with Crippen molar-refractivity contribution in [1.82, 2.24) is 46.2 Å². The van der Waals surface area contributed by atoms with Crippen LogP contribution in [-0.2, 0) is 19.5 Å². The van der Waals surface area contributed by atoms with E-state index >= 15 is 0 Å². The van der Waals surface area contributed by atoms with Crippen molar-refractivity contribution in [2.24, 2.45) is 0 Å². The number of benzene rings is 1. The van der Waals surface area contributed by atoms with Crippen molar-refractivity contribution in [3.05, 3.63) is 65.0 Å². The van der Waals surface area contributed by atoms with Gasteiger partial charge in [0.25, 0.3) is 0 Å². The molecule has 0 bridgehead atoms. The summed E-state index contributed by atoms with van der Waals surface area (Å²) < 4.78 is 3.33. The van der Waals surface area contributed by atoms with Crippen LogP contribution in [0.1, 0.15) is 0 Å². The summed E-state index contributed by atoms with van der Waals surface area (Å²) in [6, 6.07) is 8.28. The van der Waals surface area contributed by atoms with Gasteiger partial charge in [-0.15, -0.1) is 46.6 Å². The molecule has 0 aliphatic rings. The molecule has 0 unspecified atom stereocenters. The minimum atomic E-state index is 0. The maximum Gasteiger partial charge on any atom is 0.0697 e. The van der Waals surface area contributed by atoms with Crippen LogP contribution in [0.4, 0.5) is 5.69 Å². The minimum absolute atomic E-state index is 0. The fourth-order valence-corrected chi connectivity index (χ4v) is 3.41. The summed E-state index contributed by atoms with van der Waals surface area (Å²) in [5.41, 5.74) is 1.25. The first kappa shape index (κ1) is 28.8. The Morgan fingerprint density at radius 1 is 0.778 bits per heavy atom. The molecule has 0 amide bonds. The van der Waals surface area contributed by atoms with Crippen molar-refractivity contribution in [3.63, 3.8) is 0 Å². The Hall–Kier alpha value is -0.457. The average Bonchev–Trinajstić information content (AvgIpc) is 3.44. The van der Waals surface area contributed by atoms with Gasteiger partial charge in [0, 0.05) is 23.0 Å². The molecular weight excluding hydrogens is 766 g/mol. The standard InChI is InChI=1S/C6H4I3N.3C2H2N3.ClH.Zn/c7-5-3-1-2-4-6(5)10(8)9;3*1-2-4-5-3-1;;/h1-4H;3*1H,(H,3,4,5);1H;/q;3*-1;;. The van der Waals surface area contributed by atoms with Crippen LogP contribution in [0.25, 0.3) is 0 Å². The Kier molecular flexibility index (Phi) is 21.6. The Morgan fingerprint density at radius 3 is 1.37 bits per heavy atom. The van der Waals surface area contributed by atoms with Gasteiger partial charge in [-0.25, -0.2) is 0 Å².